The molecule has 3 heteroatoms. The number of hydrogen-bond donors (Lipinski definition) is 0. The van der Waals surface area contributed by atoms with Crippen molar-refractivity contribution in [3.05, 3.63) is 42.3 Å². The standard InChI is InChI=1S/C10H10F3/c11-10(12,13)8-4-7-9-5-2-1-3-6-9/h1-6H,7-8H2. The fraction of sp³-hybridized carbons (Fsp3) is 0.300. The van der Waals surface area contributed by atoms with Crippen LogP contribution in [0.2, 0.25) is 0 Å². The molecule has 0 aliphatic rings. The molecule has 0 fully saturated rings. The average Bonchev–Trinajstić information content (AvgIpc) is 2.04. The Balaban J connectivity index is 2.29. The van der Waals surface area contributed by atoms with E-state index in [9.17, 15) is 13.2 Å². The van der Waals surface area contributed by atoms with E-state index < -0.39 is 12.6 Å². The van der Waals surface area contributed by atoms with E-state index in [1.807, 2.05) is 30.3 Å². The molecular weight excluding hydrogens is 177 g/mol. The zero-order valence-electron chi connectivity index (χ0n) is 7.01. The van der Waals surface area contributed by atoms with Crippen molar-refractivity contribution in [1.82, 2.24) is 0 Å². The Hall–Kier alpha value is -0.990. The van der Waals surface area contributed by atoms with E-state index in [4.69, 9.17) is 0 Å². The third-order valence-corrected chi connectivity index (χ3v) is 1.60. The van der Waals surface area contributed by atoms with Crippen LogP contribution in [-0.2, 0) is 6.42 Å². The van der Waals surface area contributed by atoms with Gasteiger partial charge in [-0.15, -0.1) is 0 Å². The lowest BCUT2D eigenvalue weighted by Crippen LogP contribution is -2.07. The molecular formula is C10H10F3. The first-order chi connectivity index (χ1) is 6.08. The zero-order valence-corrected chi connectivity index (χ0v) is 7.01. The molecule has 71 valence electrons. The molecule has 1 radical (unpaired) electrons. The van der Waals surface area contributed by atoms with Gasteiger partial charge in [-0.2, -0.15) is 13.2 Å². The summed E-state index contributed by atoms with van der Waals surface area (Å²) in [6.45, 7) is 0. The Labute approximate surface area is 75.4 Å². The Bertz CT molecular complexity index is 238. The highest BCUT2D eigenvalue weighted by molar-refractivity contribution is 5.16. The fourth-order valence-electron chi connectivity index (χ4n) is 1.02. The Morgan fingerprint density at radius 3 is 2.23 bits per heavy atom. The number of hydrogen-bond acceptors (Lipinski definition) is 0. The van der Waals surface area contributed by atoms with E-state index in [0.29, 0.717) is 6.42 Å². The fourth-order valence-corrected chi connectivity index (χ4v) is 1.02. The quantitative estimate of drug-likeness (QED) is 0.680. The molecule has 0 aliphatic heterocycles. The van der Waals surface area contributed by atoms with Crippen LogP contribution in [0.5, 0.6) is 0 Å². The number of alkyl halides is 3. The van der Waals surface area contributed by atoms with Crippen molar-refractivity contribution in [1.29, 1.82) is 0 Å². The minimum atomic E-state index is -4.07. The van der Waals surface area contributed by atoms with Gasteiger partial charge in [-0.3, -0.25) is 0 Å². The van der Waals surface area contributed by atoms with E-state index in [1.54, 1.807) is 0 Å². The third kappa shape index (κ3) is 4.55. The maximum atomic E-state index is 11.7. The normalized spacial score (nSPS) is 11.6. The van der Waals surface area contributed by atoms with Crippen molar-refractivity contribution < 1.29 is 13.2 Å². The molecule has 0 spiro atoms. The number of halogens is 3. The van der Waals surface area contributed by atoms with Crippen LogP contribution in [0, 0.1) is 6.42 Å². The van der Waals surface area contributed by atoms with Crippen LogP contribution in [0.15, 0.2) is 30.3 Å². The minimum absolute atomic E-state index is 0.375. The van der Waals surface area contributed by atoms with Crippen LogP contribution in [-0.4, -0.2) is 6.18 Å². The summed E-state index contributed by atoms with van der Waals surface area (Å²) in [6, 6.07) is 9.10. The van der Waals surface area contributed by atoms with Crippen LogP contribution < -0.4 is 0 Å². The summed E-state index contributed by atoms with van der Waals surface area (Å²) in [5.41, 5.74) is 0.909. The highest BCUT2D eigenvalue weighted by atomic mass is 19.4. The van der Waals surface area contributed by atoms with Gasteiger partial charge in [0, 0.05) is 6.42 Å². The van der Waals surface area contributed by atoms with Gasteiger partial charge in [-0.05, 0) is 18.4 Å². The van der Waals surface area contributed by atoms with E-state index in [1.165, 1.54) is 6.42 Å². The van der Waals surface area contributed by atoms with Gasteiger partial charge in [-0.25, -0.2) is 0 Å². The molecule has 1 aromatic carbocycles. The number of rotatable bonds is 3. The lowest BCUT2D eigenvalue weighted by molar-refractivity contribution is -0.128. The molecule has 0 N–H and O–H groups in total. The van der Waals surface area contributed by atoms with Crippen LogP contribution >= 0.6 is 0 Å². The molecule has 1 rings (SSSR count). The lowest BCUT2D eigenvalue weighted by atomic mass is 10.1. The summed E-state index contributed by atoms with van der Waals surface area (Å²) in [4.78, 5) is 0. The smallest absolute Gasteiger partial charge is 0.171 e. The van der Waals surface area contributed by atoms with Gasteiger partial charge in [0.2, 0.25) is 0 Å². The first kappa shape index (κ1) is 10.1. The van der Waals surface area contributed by atoms with Crippen molar-refractivity contribution >= 4 is 0 Å². The SMILES string of the molecule is FC(F)(F)C[CH]Cc1ccccc1. The Morgan fingerprint density at radius 2 is 1.69 bits per heavy atom. The van der Waals surface area contributed by atoms with Crippen LogP contribution in [0.25, 0.3) is 0 Å². The highest BCUT2D eigenvalue weighted by Gasteiger charge is 2.25. The van der Waals surface area contributed by atoms with Crippen molar-refractivity contribution in [2.24, 2.45) is 0 Å². The van der Waals surface area contributed by atoms with Crippen molar-refractivity contribution in [3.8, 4) is 0 Å². The molecule has 0 atom stereocenters. The van der Waals surface area contributed by atoms with Gasteiger partial charge in [0.05, 0.1) is 0 Å². The predicted molar refractivity (Wildman–Crippen MR) is 45.1 cm³/mol. The van der Waals surface area contributed by atoms with Crippen molar-refractivity contribution in [2.45, 2.75) is 19.0 Å². The summed E-state index contributed by atoms with van der Waals surface area (Å²) >= 11 is 0. The molecule has 0 amide bonds. The minimum Gasteiger partial charge on any atom is -0.171 e. The second-order valence-corrected chi connectivity index (χ2v) is 2.80. The molecule has 0 saturated carbocycles. The van der Waals surface area contributed by atoms with Gasteiger partial charge in [0.25, 0.3) is 0 Å². The van der Waals surface area contributed by atoms with E-state index >= 15 is 0 Å². The third-order valence-electron chi connectivity index (χ3n) is 1.60. The molecule has 0 nitrogen and oxygen atoms in total. The molecule has 13 heavy (non-hydrogen) atoms. The second kappa shape index (κ2) is 4.30. The van der Waals surface area contributed by atoms with Gasteiger partial charge < -0.3 is 0 Å². The lowest BCUT2D eigenvalue weighted by Gasteiger charge is -2.04. The maximum absolute atomic E-state index is 11.7. The predicted octanol–water partition coefficient (Wildman–Crippen LogP) is 3.39. The van der Waals surface area contributed by atoms with Crippen molar-refractivity contribution in [2.75, 3.05) is 0 Å². The van der Waals surface area contributed by atoms with E-state index in [-0.39, 0.29) is 0 Å². The topological polar surface area (TPSA) is 0 Å². The van der Waals surface area contributed by atoms with Gasteiger partial charge in [0.1, 0.15) is 0 Å². The van der Waals surface area contributed by atoms with E-state index in [2.05, 4.69) is 0 Å². The first-order valence-electron chi connectivity index (χ1n) is 4.00. The summed E-state index contributed by atoms with van der Waals surface area (Å²) in [5, 5.41) is 0. The first-order valence-corrected chi connectivity index (χ1v) is 4.00. The van der Waals surface area contributed by atoms with Gasteiger partial charge in [-0.1, -0.05) is 30.3 Å². The maximum Gasteiger partial charge on any atom is 0.389 e. The van der Waals surface area contributed by atoms with Gasteiger partial charge in [0.15, 0.2) is 0 Å². The van der Waals surface area contributed by atoms with Crippen LogP contribution in [0.4, 0.5) is 13.2 Å². The van der Waals surface area contributed by atoms with Crippen LogP contribution in [0.3, 0.4) is 0 Å². The zero-order chi connectivity index (χ0) is 9.73. The molecule has 0 heterocycles. The molecule has 1 aromatic rings. The average molecular weight is 187 g/mol. The van der Waals surface area contributed by atoms with Crippen molar-refractivity contribution in [3.63, 3.8) is 0 Å². The Kier molecular flexibility index (Phi) is 3.34. The highest BCUT2D eigenvalue weighted by Crippen LogP contribution is 2.21. The number of benzene rings is 1. The molecule has 0 saturated heterocycles. The van der Waals surface area contributed by atoms with Gasteiger partial charge >= 0.3 is 6.18 Å². The summed E-state index contributed by atoms with van der Waals surface area (Å²) in [5.74, 6) is 0. The monoisotopic (exact) mass is 187 g/mol. The molecule has 0 bridgehead atoms. The molecule has 0 aliphatic carbocycles. The largest absolute Gasteiger partial charge is 0.389 e. The summed E-state index contributed by atoms with van der Waals surface area (Å²) in [7, 11) is 0. The second-order valence-electron chi connectivity index (χ2n) is 2.80. The molecule has 0 unspecified atom stereocenters. The Morgan fingerprint density at radius 1 is 1.08 bits per heavy atom. The molecule has 0 aromatic heterocycles. The summed E-state index contributed by atoms with van der Waals surface area (Å²) in [6.07, 6.45) is -3.27. The van der Waals surface area contributed by atoms with Crippen LogP contribution in [0.1, 0.15) is 12.0 Å². The van der Waals surface area contributed by atoms with E-state index in [0.717, 1.165) is 5.56 Å². The summed E-state index contributed by atoms with van der Waals surface area (Å²) < 4.78 is 35.2.